The van der Waals surface area contributed by atoms with E-state index in [1.807, 2.05) is 6.07 Å². The fourth-order valence-electron chi connectivity index (χ4n) is 1.78. The predicted octanol–water partition coefficient (Wildman–Crippen LogP) is 4.05. The first-order chi connectivity index (χ1) is 11.5. The molecule has 126 valence electrons. The van der Waals surface area contributed by atoms with Crippen LogP contribution in [-0.4, -0.2) is 24.6 Å². The number of para-hydroxylation sites is 1. The highest BCUT2D eigenvalue weighted by Gasteiger charge is 2.18. The molecule has 2 rings (SSSR count). The highest BCUT2D eigenvalue weighted by molar-refractivity contribution is 9.10. The molecule has 0 aliphatic carbocycles. The molecule has 24 heavy (non-hydrogen) atoms. The van der Waals surface area contributed by atoms with Gasteiger partial charge >= 0.3 is 5.97 Å². The van der Waals surface area contributed by atoms with Crippen LogP contribution >= 0.6 is 27.5 Å². The number of nitrogens with one attached hydrogen (secondary N) is 1. The molecule has 0 bridgehead atoms. The lowest BCUT2D eigenvalue weighted by Gasteiger charge is -2.14. The minimum Gasteiger partial charge on any atom is -0.481 e. The van der Waals surface area contributed by atoms with E-state index in [2.05, 4.69) is 21.2 Å². The van der Waals surface area contributed by atoms with Gasteiger partial charge in [0.2, 0.25) is 0 Å². The Bertz CT molecular complexity index is 724. The van der Waals surface area contributed by atoms with Crippen LogP contribution in [0.25, 0.3) is 0 Å². The number of rotatable bonds is 6. The van der Waals surface area contributed by atoms with E-state index in [1.54, 1.807) is 42.5 Å². The molecule has 2 aromatic rings. The number of anilines is 1. The Kier molecular flexibility index (Phi) is 6.63. The quantitative estimate of drug-likeness (QED) is 0.727. The molecule has 1 amide bonds. The van der Waals surface area contributed by atoms with Crippen LogP contribution in [-0.2, 0) is 14.3 Å². The maximum Gasteiger partial charge on any atom is 0.344 e. The van der Waals surface area contributed by atoms with Crippen molar-refractivity contribution in [2.75, 3.05) is 11.9 Å². The molecule has 1 atom stereocenters. The summed E-state index contributed by atoms with van der Waals surface area (Å²) in [4.78, 5) is 23.8. The number of carbonyl (C=O) groups excluding carboxylic acids is 2. The summed E-state index contributed by atoms with van der Waals surface area (Å²) in [6.45, 7) is 1.18. The fourth-order valence-corrected chi connectivity index (χ4v) is 2.58. The minimum absolute atomic E-state index is 0.316. The van der Waals surface area contributed by atoms with Gasteiger partial charge in [-0.15, -0.1) is 0 Å². The van der Waals surface area contributed by atoms with Crippen LogP contribution in [0, 0.1) is 0 Å². The third kappa shape index (κ3) is 5.54. The van der Waals surface area contributed by atoms with Crippen molar-refractivity contribution in [2.45, 2.75) is 13.0 Å². The van der Waals surface area contributed by atoms with Crippen LogP contribution in [0.1, 0.15) is 6.92 Å². The smallest absolute Gasteiger partial charge is 0.344 e. The average molecular weight is 413 g/mol. The van der Waals surface area contributed by atoms with Gasteiger partial charge in [-0.25, -0.2) is 4.79 Å². The summed E-state index contributed by atoms with van der Waals surface area (Å²) in [6.07, 6.45) is -0.935. The van der Waals surface area contributed by atoms with Gasteiger partial charge in [-0.1, -0.05) is 29.8 Å². The molecule has 1 N–H and O–H groups in total. The first-order valence-corrected chi connectivity index (χ1v) is 8.26. The van der Waals surface area contributed by atoms with E-state index in [0.29, 0.717) is 20.9 Å². The molecule has 2 aromatic carbocycles. The van der Waals surface area contributed by atoms with Gasteiger partial charge in [-0.2, -0.15) is 0 Å². The highest BCUT2D eigenvalue weighted by atomic mass is 79.9. The molecule has 0 saturated carbocycles. The SMILES string of the molecule is CC(OC(=O)COc1ccc(Cl)cc1Br)C(=O)Nc1ccccc1. The van der Waals surface area contributed by atoms with E-state index in [4.69, 9.17) is 21.1 Å². The average Bonchev–Trinajstić information content (AvgIpc) is 2.55. The molecule has 0 radical (unpaired) electrons. The summed E-state index contributed by atoms with van der Waals surface area (Å²) >= 11 is 9.11. The number of esters is 1. The van der Waals surface area contributed by atoms with Crippen molar-refractivity contribution in [3.8, 4) is 5.75 Å². The summed E-state index contributed by atoms with van der Waals surface area (Å²) in [5.74, 6) is -0.604. The molecule has 7 heteroatoms. The molecule has 5 nitrogen and oxygen atoms in total. The lowest BCUT2D eigenvalue weighted by Crippen LogP contribution is -2.31. The largest absolute Gasteiger partial charge is 0.481 e. The van der Waals surface area contributed by atoms with Crippen molar-refractivity contribution in [2.24, 2.45) is 0 Å². The van der Waals surface area contributed by atoms with Crippen LogP contribution in [0.5, 0.6) is 5.75 Å². The van der Waals surface area contributed by atoms with E-state index < -0.39 is 18.0 Å². The van der Waals surface area contributed by atoms with Gasteiger partial charge in [0, 0.05) is 10.7 Å². The van der Waals surface area contributed by atoms with E-state index >= 15 is 0 Å². The summed E-state index contributed by atoms with van der Waals surface area (Å²) in [5, 5.41) is 3.20. The molecule has 0 spiro atoms. The maximum atomic E-state index is 12.0. The van der Waals surface area contributed by atoms with Gasteiger partial charge < -0.3 is 14.8 Å². The van der Waals surface area contributed by atoms with Crippen molar-refractivity contribution in [1.82, 2.24) is 0 Å². The number of benzene rings is 2. The third-order valence-corrected chi connectivity index (χ3v) is 3.81. The van der Waals surface area contributed by atoms with Crippen molar-refractivity contribution in [1.29, 1.82) is 0 Å². The maximum absolute atomic E-state index is 12.0. The minimum atomic E-state index is -0.935. The summed E-state index contributed by atoms with van der Waals surface area (Å²) in [6, 6.07) is 13.8. The molecular weight excluding hydrogens is 398 g/mol. The molecule has 1 unspecified atom stereocenters. The van der Waals surface area contributed by atoms with Crippen LogP contribution in [0.2, 0.25) is 5.02 Å². The van der Waals surface area contributed by atoms with Crippen molar-refractivity contribution in [3.63, 3.8) is 0 Å². The van der Waals surface area contributed by atoms with Gasteiger partial charge in [-0.05, 0) is 53.2 Å². The summed E-state index contributed by atoms with van der Waals surface area (Å²) < 4.78 is 11.0. The number of halogens is 2. The van der Waals surface area contributed by atoms with Crippen LogP contribution in [0.15, 0.2) is 53.0 Å². The second kappa shape index (κ2) is 8.70. The van der Waals surface area contributed by atoms with Gasteiger partial charge in [0.1, 0.15) is 5.75 Å². The monoisotopic (exact) mass is 411 g/mol. The lowest BCUT2D eigenvalue weighted by molar-refractivity contribution is -0.155. The number of amides is 1. The second-order valence-corrected chi connectivity index (χ2v) is 6.14. The number of carbonyl (C=O) groups is 2. The van der Waals surface area contributed by atoms with Crippen molar-refractivity contribution in [3.05, 3.63) is 58.0 Å². The Morgan fingerprint density at radius 1 is 1.21 bits per heavy atom. The standard InChI is InChI=1S/C17H15BrClNO4/c1-11(17(22)20-13-5-3-2-4-6-13)24-16(21)10-23-15-8-7-12(19)9-14(15)18/h2-9,11H,10H2,1H3,(H,20,22). The first kappa shape index (κ1) is 18.3. The Labute approximate surface area is 153 Å². The van der Waals surface area contributed by atoms with Gasteiger partial charge in [0.05, 0.1) is 4.47 Å². The number of ether oxygens (including phenoxy) is 2. The summed E-state index contributed by atoms with van der Waals surface area (Å²) in [7, 11) is 0. The van der Waals surface area contributed by atoms with Gasteiger partial charge in [0.15, 0.2) is 12.7 Å². The van der Waals surface area contributed by atoms with Crippen molar-refractivity contribution >= 4 is 45.1 Å². The molecule has 0 aliphatic heterocycles. The zero-order valence-corrected chi connectivity index (χ0v) is 15.1. The van der Waals surface area contributed by atoms with Gasteiger partial charge in [-0.3, -0.25) is 4.79 Å². The van der Waals surface area contributed by atoms with E-state index in [1.165, 1.54) is 6.92 Å². The Morgan fingerprint density at radius 2 is 1.92 bits per heavy atom. The zero-order chi connectivity index (χ0) is 17.5. The molecule has 0 aliphatic rings. The molecule has 0 aromatic heterocycles. The Morgan fingerprint density at radius 3 is 2.58 bits per heavy atom. The first-order valence-electron chi connectivity index (χ1n) is 7.09. The van der Waals surface area contributed by atoms with E-state index in [9.17, 15) is 9.59 Å². The lowest BCUT2D eigenvalue weighted by atomic mass is 10.3. The number of hydrogen-bond acceptors (Lipinski definition) is 4. The van der Waals surface area contributed by atoms with E-state index in [0.717, 1.165) is 0 Å². The number of hydrogen-bond donors (Lipinski definition) is 1. The molecular formula is C17H15BrClNO4. The Hall–Kier alpha value is -2.05. The zero-order valence-electron chi connectivity index (χ0n) is 12.8. The highest BCUT2D eigenvalue weighted by Crippen LogP contribution is 2.27. The summed E-state index contributed by atoms with van der Waals surface area (Å²) in [5.41, 5.74) is 0.631. The topological polar surface area (TPSA) is 64.6 Å². The Balaban J connectivity index is 1.81. The van der Waals surface area contributed by atoms with Crippen LogP contribution < -0.4 is 10.1 Å². The molecule has 0 saturated heterocycles. The molecule has 0 fully saturated rings. The normalized spacial score (nSPS) is 11.5. The predicted molar refractivity (Wildman–Crippen MR) is 95.3 cm³/mol. The fraction of sp³-hybridized carbons (Fsp3) is 0.176. The third-order valence-electron chi connectivity index (χ3n) is 2.96. The van der Waals surface area contributed by atoms with Crippen molar-refractivity contribution < 1.29 is 19.1 Å². The molecule has 0 heterocycles. The second-order valence-electron chi connectivity index (χ2n) is 4.85. The van der Waals surface area contributed by atoms with Gasteiger partial charge in [0.25, 0.3) is 5.91 Å². The van der Waals surface area contributed by atoms with Crippen LogP contribution in [0.4, 0.5) is 5.69 Å². The van der Waals surface area contributed by atoms with Crippen LogP contribution in [0.3, 0.4) is 0 Å². The van der Waals surface area contributed by atoms with E-state index in [-0.39, 0.29) is 6.61 Å².